The Hall–Kier alpha value is -1.69. The Morgan fingerprint density at radius 1 is 0.426 bits per heavy atom. The van der Waals surface area contributed by atoms with Gasteiger partial charge in [-0.25, -0.2) is 0 Å². The lowest BCUT2D eigenvalue weighted by molar-refractivity contribution is -0.124. The summed E-state index contributed by atoms with van der Waals surface area (Å²) in [5.41, 5.74) is 0. The average molecular weight is 856 g/mol. The maximum atomic E-state index is 12.5. The van der Waals surface area contributed by atoms with Crippen molar-refractivity contribution in [1.82, 2.24) is 5.32 Å². The third-order valence-electron chi connectivity index (χ3n) is 12.3. The molecule has 3 atom stereocenters. The van der Waals surface area contributed by atoms with Crippen LogP contribution >= 0.6 is 0 Å². The van der Waals surface area contributed by atoms with Crippen LogP contribution in [0.25, 0.3) is 0 Å². The third kappa shape index (κ3) is 47.6. The van der Waals surface area contributed by atoms with E-state index < -0.39 is 18.2 Å². The highest BCUT2D eigenvalue weighted by atomic mass is 16.3. The van der Waals surface area contributed by atoms with Gasteiger partial charge in [0.15, 0.2) is 0 Å². The standard InChI is InChI=1S/C56H105NO4/c1-3-5-7-9-11-13-15-17-19-21-23-24-25-26-27-28-29-30-32-33-35-37-39-41-43-45-47-49-53(59)51-56(61)57-54(52-58)55(60)50-48-46-44-42-40-38-36-34-31-22-20-18-16-14-12-10-8-6-4-2/h23-24,26-27,40,42,48,50,53-55,58-60H,3-22,25,28-39,41,43-47,49,51-52H2,1-2H3,(H,57,61)/b24-23-,27-26-,42-40+,50-48+. The van der Waals surface area contributed by atoms with Crippen LogP contribution in [0.3, 0.4) is 0 Å². The van der Waals surface area contributed by atoms with Gasteiger partial charge in [-0.3, -0.25) is 4.79 Å². The van der Waals surface area contributed by atoms with Crippen LogP contribution in [0.2, 0.25) is 0 Å². The van der Waals surface area contributed by atoms with Gasteiger partial charge in [-0.2, -0.15) is 0 Å². The van der Waals surface area contributed by atoms with Gasteiger partial charge in [-0.15, -0.1) is 0 Å². The van der Waals surface area contributed by atoms with Gasteiger partial charge in [0.05, 0.1) is 31.3 Å². The van der Waals surface area contributed by atoms with E-state index in [-0.39, 0.29) is 18.9 Å². The second-order valence-corrected chi connectivity index (χ2v) is 18.5. The van der Waals surface area contributed by atoms with Gasteiger partial charge in [-0.05, 0) is 64.2 Å². The van der Waals surface area contributed by atoms with Crippen molar-refractivity contribution in [2.45, 2.75) is 295 Å². The SMILES string of the molecule is CCCCCCCCCCC/C=C\C/C=C\CCCCCCCCCCCCCC(O)CC(=O)NC(CO)C(O)/C=C/CC/C=C/CCCCCCCCCCCCCCC. The van der Waals surface area contributed by atoms with Crippen LogP contribution in [0.1, 0.15) is 277 Å². The first-order valence-electron chi connectivity index (χ1n) is 26.9. The fraction of sp³-hybridized carbons (Fsp3) is 0.839. The second kappa shape index (κ2) is 50.9. The van der Waals surface area contributed by atoms with Gasteiger partial charge in [0.2, 0.25) is 5.91 Å². The number of rotatable bonds is 49. The van der Waals surface area contributed by atoms with E-state index in [4.69, 9.17) is 0 Å². The van der Waals surface area contributed by atoms with Crippen LogP contribution in [-0.2, 0) is 4.79 Å². The van der Waals surface area contributed by atoms with Crippen molar-refractivity contribution in [2.24, 2.45) is 0 Å². The van der Waals surface area contributed by atoms with Crippen molar-refractivity contribution in [3.8, 4) is 0 Å². The Bertz CT molecular complexity index is 989. The minimum atomic E-state index is -0.954. The van der Waals surface area contributed by atoms with Crippen molar-refractivity contribution in [1.29, 1.82) is 0 Å². The summed E-state index contributed by atoms with van der Waals surface area (Å²) in [5, 5.41) is 33.4. The maximum Gasteiger partial charge on any atom is 0.222 e. The summed E-state index contributed by atoms with van der Waals surface area (Å²) in [5.74, 6) is -0.325. The van der Waals surface area contributed by atoms with E-state index in [2.05, 4.69) is 55.6 Å². The molecule has 3 unspecified atom stereocenters. The Labute approximate surface area is 380 Å². The minimum Gasteiger partial charge on any atom is -0.394 e. The maximum absolute atomic E-state index is 12.5. The van der Waals surface area contributed by atoms with Gasteiger partial charge < -0.3 is 20.6 Å². The van der Waals surface area contributed by atoms with Crippen molar-refractivity contribution in [2.75, 3.05) is 6.61 Å². The number of carbonyl (C=O) groups is 1. The van der Waals surface area contributed by atoms with Gasteiger partial charge in [0.1, 0.15) is 0 Å². The molecule has 0 aromatic heterocycles. The molecule has 61 heavy (non-hydrogen) atoms. The summed E-state index contributed by atoms with van der Waals surface area (Å²) >= 11 is 0. The number of aliphatic hydroxyl groups is 3. The van der Waals surface area contributed by atoms with Gasteiger partial charge in [0, 0.05) is 0 Å². The van der Waals surface area contributed by atoms with Crippen molar-refractivity contribution in [3.05, 3.63) is 48.6 Å². The molecule has 0 aliphatic heterocycles. The highest BCUT2D eigenvalue weighted by Gasteiger charge is 2.20. The molecule has 5 nitrogen and oxygen atoms in total. The molecule has 0 spiro atoms. The summed E-state index contributed by atoms with van der Waals surface area (Å²) in [7, 11) is 0. The molecule has 0 aromatic rings. The number of allylic oxidation sites excluding steroid dienone is 7. The zero-order valence-corrected chi connectivity index (χ0v) is 40.8. The Kier molecular flexibility index (Phi) is 49.5. The van der Waals surface area contributed by atoms with Crippen LogP contribution < -0.4 is 5.32 Å². The highest BCUT2D eigenvalue weighted by molar-refractivity contribution is 5.76. The number of amides is 1. The van der Waals surface area contributed by atoms with E-state index in [1.54, 1.807) is 6.08 Å². The van der Waals surface area contributed by atoms with Gasteiger partial charge in [0.25, 0.3) is 0 Å². The Morgan fingerprint density at radius 2 is 0.754 bits per heavy atom. The molecule has 0 saturated heterocycles. The van der Waals surface area contributed by atoms with Crippen molar-refractivity contribution < 1.29 is 20.1 Å². The first kappa shape index (κ1) is 59.3. The van der Waals surface area contributed by atoms with Gasteiger partial charge in [-0.1, -0.05) is 255 Å². The van der Waals surface area contributed by atoms with E-state index in [1.807, 2.05) is 6.08 Å². The normalized spacial score (nSPS) is 13.7. The largest absolute Gasteiger partial charge is 0.394 e. The molecule has 0 fully saturated rings. The predicted molar refractivity (Wildman–Crippen MR) is 268 cm³/mol. The summed E-state index contributed by atoms with van der Waals surface area (Å²) in [6.07, 6.45) is 67.2. The lowest BCUT2D eigenvalue weighted by atomic mass is 10.0. The first-order chi connectivity index (χ1) is 30.0. The monoisotopic (exact) mass is 856 g/mol. The average Bonchev–Trinajstić information content (AvgIpc) is 3.25. The molecule has 1 amide bonds. The zero-order valence-electron chi connectivity index (χ0n) is 40.8. The topological polar surface area (TPSA) is 89.8 Å². The molecule has 0 bridgehead atoms. The molecule has 358 valence electrons. The van der Waals surface area contributed by atoms with Crippen LogP contribution in [0, 0.1) is 0 Å². The van der Waals surface area contributed by atoms with Crippen LogP contribution in [0.4, 0.5) is 0 Å². The van der Waals surface area contributed by atoms with Gasteiger partial charge >= 0.3 is 0 Å². The summed E-state index contributed by atoms with van der Waals surface area (Å²) in [6, 6.07) is -0.763. The van der Waals surface area contributed by atoms with E-state index in [0.717, 1.165) is 38.5 Å². The third-order valence-corrected chi connectivity index (χ3v) is 12.3. The molecule has 0 radical (unpaired) electrons. The second-order valence-electron chi connectivity index (χ2n) is 18.5. The van der Waals surface area contributed by atoms with E-state index in [0.29, 0.717) is 6.42 Å². The van der Waals surface area contributed by atoms with E-state index in [9.17, 15) is 20.1 Å². The fourth-order valence-corrected chi connectivity index (χ4v) is 8.21. The van der Waals surface area contributed by atoms with Crippen LogP contribution in [0.5, 0.6) is 0 Å². The Morgan fingerprint density at radius 3 is 1.15 bits per heavy atom. The molecule has 0 heterocycles. The first-order valence-corrected chi connectivity index (χ1v) is 26.9. The summed E-state index contributed by atoms with van der Waals surface area (Å²) in [4.78, 5) is 12.5. The number of hydrogen-bond acceptors (Lipinski definition) is 4. The minimum absolute atomic E-state index is 0.00406. The number of carbonyl (C=O) groups excluding carboxylic acids is 1. The number of hydrogen-bond donors (Lipinski definition) is 4. The predicted octanol–water partition coefficient (Wildman–Crippen LogP) is 16.4. The molecular formula is C56H105NO4. The molecule has 4 N–H and O–H groups in total. The van der Waals surface area contributed by atoms with Crippen molar-refractivity contribution in [3.63, 3.8) is 0 Å². The fourth-order valence-electron chi connectivity index (χ4n) is 8.21. The molecule has 0 saturated carbocycles. The number of unbranched alkanes of at least 4 members (excludes halogenated alkanes) is 34. The van der Waals surface area contributed by atoms with E-state index >= 15 is 0 Å². The zero-order chi connectivity index (χ0) is 44.4. The number of nitrogens with one attached hydrogen (secondary N) is 1. The number of aliphatic hydroxyl groups excluding tert-OH is 3. The summed E-state index contributed by atoms with van der Waals surface area (Å²) < 4.78 is 0. The lowest BCUT2D eigenvalue weighted by Gasteiger charge is -2.21. The van der Waals surface area contributed by atoms with E-state index in [1.165, 1.54) is 212 Å². The Balaban J connectivity index is 3.62. The highest BCUT2D eigenvalue weighted by Crippen LogP contribution is 2.16. The quantitative estimate of drug-likeness (QED) is 0.0362. The molecule has 5 heteroatoms. The molecule has 0 aromatic carbocycles. The molecule has 0 rings (SSSR count). The lowest BCUT2D eigenvalue weighted by Crippen LogP contribution is -2.45. The molecule has 0 aliphatic rings. The van der Waals surface area contributed by atoms with Crippen LogP contribution in [0.15, 0.2) is 48.6 Å². The molecular weight excluding hydrogens is 751 g/mol. The van der Waals surface area contributed by atoms with Crippen molar-refractivity contribution >= 4 is 5.91 Å². The smallest absolute Gasteiger partial charge is 0.222 e. The van der Waals surface area contributed by atoms with Crippen LogP contribution in [-0.4, -0.2) is 46.1 Å². The molecule has 0 aliphatic carbocycles. The summed E-state index contributed by atoms with van der Waals surface area (Å²) in [6.45, 7) is 4.22.